The van der Waals surface area contributed by atoms with Crippen LogP contribution in [0.5, 0.6) is 5.75 Å². The summed E-state index contributed by atoms with van der Waals surface area (Å²) >= 11 is 0. The molecule has 0 bridgehead atoms. The minimum atomic E-state index is -0.889. The lowest BCUT2D eigenvalue weighted by molar-refractivity contribution is -0.141. The van der Waals surface area contributed by atoms with Crippen molar-refractivity contribution in [3.63, 3.8) is 0 Å². The number of hydrogen-bond donors (Lipinski definition) is 1. The normalized spacial score (nSPS) is 8.80. The fraction of sp³-hybridized carbons (Fsp3) is 0. The third kappa shape index (κ3) is 1.45. The third-order valence-electron chi connectivity index (χ3n) is 0.884. The molecule has 4 nitrogen and oxygen atoms in total. The van der Waals surface area contributed by atoms with Crippen molar-refractivity contribution in [1.82, 2.24) is 4.98 Å². The summed E-state index contributed by atoms with van der Waals surface area (Å²) < 4.78 is 4.47. The molecular formula is C6H5NO3. The molecule has 0 aliphatic heterocycles. The van der Waals surface area contributed by atoms with E-state index in [1.807, 2.05) is 0 Å². The zero-order chi connectivity index (χ0) is 7.40. The predicted molar refractivity (Wildman–Crippen MR) is 32.5 cm³/mol. The van der Waals surface area contributed by atoms with E-state index in [9.17, 15) is 9.59 Å². The Morgan fingerprint density at radius 2 is 2.50 bits per heavy atom. The molecule has 1 aromatic rings. The average molecular weight is 139 g/mol. The maximum Gasteiger partial charge on any atom is 0.376 e. The lowest BCUT2D eigenvalue weighted by Crippen LogP contribution is -2.07. The first kappa shape index (κ1) is 6.54. The molecular weight excluding hydrogens is 134 g/mol. The summed E-state index contributed by atoms with van der Waals surface area (Å²) in [5.41, 5.74) is 0. The van der Waals surface area contributed by atoms with Crippen molar-refractivity contribution in [2.75, 3.05) is 0 Å². The monoisotopic (exact) mass is 139 g/mol. The topological polar surface area (TPSA) is 59.2 Å². The van der Waals surface area contributed by atoms with Crippen LogP contribution in [0.1, 0.15) is 0 Å². The van der Waals surface area contributed by atoms with Crippen molar-refractivity contribution in [1.29, 1.82) is 0 Å². The van der Waals surface area contributed by atoms with E-state index in [0.29, 0.717) is 5.75 Å². The molecule has 1 N–H and O–H groups in total. The van der Waals surface area contributed by atoms with Crippen molar-refractivity contribution in [2.45, 2.75) is 0 Å². The Bertz CT molecular complexity index is 227. The van der Waals surface area contributed by atoms with Crippen LogP contribution in [0.2, 0.25) is 0 Å². The standard InChI is InChI=1S/C6H5NO3/c8-4-6(9)10-5-1-2-7-3-5/h1-4,7H. The number of hydrogen-bond acceptors (Lipinski definition) is 3. The van der Waals surface area contributed by atoms with Crippen LogP contribution in [0, 0.1) is 0 Å². The number of carbonyl (C=O) groups excluding carboxylic acids is 2. The van der Waals surface area contributed by atoms with Gasteiger partial charge >= 0.3 is 5.97 Å². The molecule has 10 heavy (non-hydrogen) atoms. The fourth-order valence-corrected chi connectivity index (χ4v) is 0.512. The summed E-state index contributed by atoms with van der Waals surface area (Å²) in [5.74, 6) is -0.545. The van der Waals surface area contributed by atoms with E-state index >= 15 is 0 Å². The van der Waals surface area contributed by atoms with Gasteiger partial charge in [-0.25, -0.2) is 4.79 Å². The molecule has 0 aliphatic carbocycles. The largest absolute Gasteiger partial charge is 0.419 e. The maximum absolute atomic E-state index is 10.3. The molecule has 1 heterocycles. The number of ether oxygens (including phenoxy) is 1. The minimum Gasteiger partial charge on any atom is -0.419 e. The summed E-state index contributed by atoms with van der Waals surface area (Å²) in [6.07, 6.45) is 3.18. The molecule has 0 aliphatic rings. The van der Waals surface area contributed by atoms with Gasteiger partial charge in [-0.2, -0.15) is 0 Å². The van der Waals surface area contributed by atoms with Crippen molar-refractivity contribution in [3.05, 3.63) is 18.5 Å². The van der Waals surface area contributed by atoms with Crippen molar-refractivity contribution in [3.8, 4) is 5.75 Å². The second-order valence-electron chi connectivity index (χ2n) is 1.59. The van der Waals surface area contributed by atoms with Crippen molar-refractivity contribution < 1.29 is 14.3 Å². The molecule has 0 aromatic carbocycles. The van der Waals surface area contributed by atoms with Gasteiger partial charge in [0.25, 0.3) is 0 Å². The van der Waals surface area contributed by atoms with Gasteiger partial charge in [0.1, 0.15) is 5.75 Å². The molecule has 0 unspecified atom stereocenters. The molecule has 0 atom stereocenters. The Balaban J connectivity index is 2.56. The number of H-pyrrole nitrogens is 1. The van der Waals surface area contributed by atoms with Gasteiger partial charge in [0, 0.05) is 12.4 Å². The van der Waals surface area contributed by atoms with Crippen LogP contribution in [0.15, 0.2) is 18.5 Å². The smallest absolute Gasteiger partial charge is 0.376 e. The number of esters is 1. The molecule has 0 saturated heterocycles. The molecule has 0 saturated carbocycles. The Morgan fingerprint density at radius 1 is 1.70 bits per heavy atom. The predicted octanol–water partition coefficient (Wildman–Crippen LogP) is 0.119. The molecule has 0 radical (unpaired) electrons. The number of aromatic nitrogens is 1. The first-order chi connectivity index (χ1) is 4.83. The molecule has 1 aromatic heterocycles. The quantitative estimate of drug-likeness (QED) is 0.359. The lowest BCUT2D eigenvalue weighted by Gasteiger charge is -1.91. The van der Waals surface area contributed by atoms with E-state index in [2.05, 4.69) is 9.72 Å². The second-order valence-corrected chi connectivity index (χ2v) is 1.59. The maximum atomic E-state index is 10.3. The minimum absolute atomic E-state index is 0.118. The highest BCUT2D eigenvalue weighted by molar-refractivity contribution is 6.21. The zero-order valence-electron chi connectivity index (χ0n) is 5.03. The van der Waals surface area contributed by atoms with E-state index in [0.717, 1.165) is 0 Å². The summed E-state index contributed by atoms with van der Waals surface area (Å²) in [4.78, 5) is 22.7. The Kier molecular flexibility index (Phi) is 1.84. The van der Waals surface area contributed by atoms with Crippen molar-refractivity contribution in [2.24, 2.45) is 0 Å². The van der Waals surface area contributed by atoms with Crippen LogP contribution in [0.3, 0.4) is 0 Å². The molecule has 0 amide bonds. The summed E-state index contributed by atoms with van der Waals surface area (Å²) in [6.45, 7) is 0. The van der Waals surface area contributed by atoms with Gasteiger partial charge in [-0.05, 0) is 6.07 Å². The van der Waals surface area contributed by atoms with Gasteiger partial charge in [0.2, 0.25) is 6.29 Å². The van der Waals surface area contributed by atoms with Crippen LogP contribution in [-0.4, -0.2) is 17.2 Å². The second kappa shape index (κ2) is 2.82. The number of rotatable bonds is 2. The fourth-order valence-electron chi connectivity index (χ4n) is 0.512. The van der Waals surface area contributed by atoms with E-state index in [1.165, 1.54) is 6.20 Å². The van der Waals surface area contributed by atoms with Crippen LogP contribution >= 0.6 is 0 Å². The van der Waals surface area contributed by atoms with Crippen LogP contribution in [0.4, 0.5) is 0 Å². The third-order valence-corrected chi connectivity index (χ3v) is 0.884. The van der Waals surface area contributed by atoms with Crippen molar-refractivity contribution >= 4 is 12.3 Å². The number of aromatic amines is 1. The molecule has 0 fully saturated rings. The van der Waals surface area contributed by atoms with Gasteiger partial charge < -0.3 is 9.72 Å². The molecule has 1 rings (SSSR count). The average Bonchev–Trinajstić information content (AvgIpc) is 2.40. The highest BCUT2D eigenvalue weighted by Crippen LogP contribution is 2.05. The van der Waals surface area contributed by atoms with Crippen LogP contribution in [0.25, 0.3) is 0 Å². The van der Waals surface area contributed by atoms with Gasteiger partial charge in [-0.1, -0.05) is 0 Å². The summed E-state index contributed by atoms with van der Waals surface area (Å²) in [6, 6.07) is 1.54. The van der Waals surface area contributed by atoms with Gasteiger partial charge in [0.15, 0.2) is 0 Å². The zero-order valence-corrected chi connectivity index (χ0v) is 5.03. The summed E-state index contributed by atoms with van der Waals surface area (Å²) in [5, 5.41) is 0. The lowest BCUT2D eigenvalue weighted by atomic mass is 10.6. The number of aldehydes is 1. The first-order valence-electron chi connectivity index (χ1n) is 2.62. The molecule has 4 heteroatoms. The van der Waals surface area contributed by atoms with Gasteiger partial charge in [0.05, 0.1) is 0 Å². The van der Waals surface area contributed by atoms with Crippen LogP contribution < -0.4 is 4.74 Å². The Morgan fingerprint density at radius 3 is 3.00 bits per heavy atom. The Hall–Kier alpha value is -1.58. The van der Waals surface area contributed by atoms with Gasteiger partial charge in [-0.15, -0.1) is 0 Å². The first-order valence-corrected chi connectivity index (χ1v) is 2.62. The SMILES string of the molecule is O=CC(=O)Oc1cc[nH]c1. The van der Waals surface area contributed by atoms with E-state index in [4.69, 9.17) is 0 Å². The highest BCUT2D eigenvalue weighted by atomic mass is 16.5. The Labute approximate surface area is 56.8 Å². The van der Waals surface area contributed by atoms with Crippen LogP contribution in [-0.2, 0) is 9.59 Å². The van der Waals surface area contributed by atoms with Gasteiger partial charge in [-0.3, -0.25) is 4.79 Å². The van der Waals surface area contributed by atoms with E-state index in [1.54, 1.807) is 12.3 Å². The molecule has 0 spiro atoms. The summed E-state index contributed by atoms with van der Waals surface area (Å²) in [7, 11) is 0. The highest BCUT2D eigenvalue weighted by Gasteiger charge is 2.00. The number of carbonyl (C=O) groups is 2. The van der Waals surface area contributed by atoms with E-state index < -0.39 is 5.97 Å². The van der Waals surface area contributed by atoms with E-state index in [-0.39, 0.29) is 6.29 Å². The number of nitrogens with one attached hydrogen (secondary N) is 1. The molecule has 52 valence electrons.